The molecule has 30 heavy (non-hydrogen) atoms. The third kappa shape index (κ3) is 5.85. The lowest BCUT2D eigenvalue weighted by atomic mass is 9.76. The highest BCUT2D eigenvalue weighted by molar-refractivity contribution is 7.78. The van der Waals surface area contributed by atoms with Crippen molar-refractivity contribution < 1.29 is 4.39 Å². The third-order valence-electron chi connectivity index (χ3n) is 6.11. The summed E-state index contributed by atoms with van der Waals surface area (Å²) >= 11 is 4.54. The van der Waals surface area contributed by atoms with Crippen molar-refractivity contribution in [2.24, 2.45) is 10.9 Å². The summed E-state index contributed by atoms with van der Waals surface area (Å²) in [5, 5.41) is 2.21. The number of rotatable bonds is 6. The smallest absolute Gasteiger partial charge is 0.159 e. The zero-order chi connectivity index (χ0) is 21.3. The Labute approximate surface area is 185 Å². The number of pyridine rings is 1. The van der Waals surface area contributed by atoms with Crippen LogP contribution in [-0.2, 0) is 6.42 Å². The van der Waals surface area contributed by atoms with Gasteiger partial charge in [-0.3, -0.25) is 0 Å². The van der Waals surface area contributed by atoms with E-state index in [-0.39, 0.29) is 5.69 Å². The average molecular weight is 421 g/mol. The highest BCUT2D eigenvalue weighted by Gasteiger charge is 2.22. The second-order valence-corrected chi connectivity index (χ2v) is 8.29. The second-order valence-electron chi connectivity index (χ2n) is 8.11. The number of aliphatic imine (C=N–C) groups is 1. The topological polar surface area (TPSA) is 25.2 Å². The van der Waals surface area contributed by atoms with Crippen LogP contribution in [0.4, 0.5) is 10.1 Å². The Morgan fingerprint density at radius 3 is 2.60 bits per heavy atom. The van der Waals surface area contributed by atoms with Gasteiger partial charge in [-0.1, -0.05) is 51.2 Å². The Hall–Kier alpha value is -2.34. The molecule has 1 aliphatic carbocycles. The van der Waals surface area contributed by atoms with E-state index >= 15 is 0 Å². The molecule has 0 radical (unpaired) electrons. The fourth-order valence-electron chi connectivity index (χ4n) is 4.32. The minimum absolute atomic E-state index is 0.120. The molecule has 4 heteroatoms. The molecular weight excluding hydrogens is 391 g/mol. The zero-order valence-corrected chi connectivity index (χ0v) is 18.7. The van der Waals surface area contributed by atoms with Gasteiger partial charge in [-0.2, -0.15) is 4.99 Å². The summed E-state index contributed by atoms with van der Waals surface area (Å²) in [7, 11) is 0. The van der Waals surface area contributed by atoms with Gasteiger partial charge in [0.1, 0.15) is 5.69 Å². The fraction of sp³-hybridized carbons (Fsp3) is 0.462. The van der Waals surface area contributed by atoms with Gasteiger partial charge in [-0.05, 0) is 79.3 Å². The first-order valence-corrected chi connectivity index (χ1v) is 11.4. The fourth-order valence-corrected chi connectivity index (χ4v) is 4.42. The molecule has 0 unspecified atom stereocenters. The van der Waals surface area contributed by atoms with Gasteiger partial charge >= 0.3 is 0 Å². The molecule has 0 saturated heterocycles. The van der Waals surface area contributed by atoms with Crippen LogP contribution in [-0.4, -0.2) is 10.1 Å². The van der Waals surface area contributed by atoms with Crippen molar-refractivity contribution in [1.82, 2.24) is 4.98 Å². The maximum atomic E-state index is 14.2. The third-order valence-corrected chi connectivity index (χ3v) is 6.20. The van der Waals surface area contributed by atoms with Crippen LogP contribution in [0.3, 0.4) is 0 Å². The van der Waals surface area contributed by atoms with Crippen molar-refractivity contribution in [2.45, 2.75) is 71.1 Å². The number of hydrogen-bond acceptors (Lipinski definition) is 3. The van der Waals surface area contributed by atoms with Crippen molar-refractivity contribution in [1.29, 1.82) is 0 Å². The summed E-state index contributed by atoms with van der Waals surface area (Å²) in [6.45, 7) is 4.42. The molecule has 0 N–H and O–H groups in total. The van der Waals surface area contributed by atoms with Crippen LogP contribution in [0.1, 0.15) is 87.1 Å². The maximum Gasteiger partial charge on any atom is 0.159 e. The first kappa shape index (κ1) is 22.3. The number of aromatic nitrogens is 1. The number of hydrogen-bond donors (Lipinski definition) is 0. The predicted molar refractivity (Wildman–Crippen MR) is 125 cm³/mol. The van der Waals surface area contributed by atoms with Gasteiger partial charge in [0, 0.05) is 11.6 Å². The molecular formula is C26H29FN2S. The van der Waals surface area contributed by atoms with Crippen molar-refractivity contribution in [2.75, 3.05) is 0 Å². The van der Waals surface area contributed by atoms with Crippen molar-refractivity contribution in [3.05, 3.63) is 58.7 Å². The van der Waals surface area contributed by atoms with Crippen LogP contribution in [0, 0.1) is 23.6 Å². The van der Waals surface area contributed by atoms with E-state index in [1.807, 2.05) is 0 Å². The normalized spacial score (nSPS) is 18.2. The first-order chi connectivity index (χ1) is 14.6. The van der Waals surface area contributed by atoms with Gasteiger partial charge in [0.25, 0.3) is 0 Å². The molecule has 0 aliphatic heterocycles. The van der Waals surface area contributed by atoms with E-state index in [0.29, 0.717) is 11.6 Å². The largest absolute Gasteiger partial charge is 0.242 e. The van der Waals surface area contributed by atoms with Crippen molar-refractivity contribution >= 4 is 23.1 Å². The van der Waals surface area contributed by atoms with E-state index in [9.17, 15) is 4.39 Å². The summed E-state index contributed by atoms with van der Waals surface area (Å²) in [6.07, 6.45) is 11.7. The van der Waals surface area contributed by atoms with Gasteiger partial charge in [-0.15, -0.1) is 0 Å². The van der Waals surface area contributed by atoms with Gasteiger partial charge in [-0.25, -0.2) is 9.37 Å². The molecule has 1 fully saturated rings. The van der Waals surface area contributed by atoms with E-state index in [0.717, 1.165) is 17.9 Å². The zero-order valence-electron chi connectivity index (χ0n) is 17.9. The van der Waals surface area contributed by atoms with Crippen LogP contribution in [0.5, 0.6) is 0 Å². The predicted octanol–water partition coefficient (Wildman–Crippen LogP) is 7.38. The van der Waals surface area contributed by atoms with Crippen LogP contribution in [0.15, 0.2) is 35.5 Å². The van der Waals surface area contributed by atoms with E-state index in [2.05, 4.69) is 71.2 Å². The van der Waals surface area contributed by atoms with E-state index in [1.165, 1.54) is 68.3 Å². The summed E-state index contributed by atoms with van der Waals surface area (Å²) in [5.41, 5.74) is 4.06. The van der Waals surface area contributed by atoms with E-state index < -0.39 is 5.82 Å². The van der Waals surface area contributed by atoms with Gasteiger partial charge in [0.15, 0.2) is 5.82 Å². The summed E-state index contributed by atoms with van der Waals surface area (Å²) < 4.78 is 14.2. The van der Waals surface area contributed by atoms with Gasteiger partial charge in [0.2, 0.25) is 0 Å². The van der Waals surface area contributed by atoms with E-state index in [4.69, 9.17) is 0 Å². The highest BCUT2D eigenvalue weighted by Crippen LogP contribution is 2.38. The number of nitrogens with zero attached hydrogens (tertiary/aromatic N) is 2. The molecule has 1 aromatic heterocycles. The molecule has 2 nitrogen and oxygen atoms in total. The molecule has 156 valence electrons. The molecule has 1 aromatic carbocycles. The first-order valence-electron chi connectivity index (χ1n) is 11.0. The second kappa shape index (κ2) is 11.2. The Morgan fingerprint density at radius 1 is 1.13 bits per heavy atom. The lowest BCUT2D eigenvalue weighted by Crippen LogP contribution is -2.13. The van der Waals surface area contributed by atoms with Crippen molar-refractivity contribution in [3.63, 3.8) is 0 Å². The van der Waals surface area contributed by atoms with Crippen LogP contribution in [0.25, 0.3) is 0 Å². The molecule has 3 rings (SSSR count). The Morgan fingerprint density at radius 2 is 1.93 bits per heavy atom. The molecule has 0 bridgehead atoms. The molecule has 2 aromatic rings. The number of benzene rings is 1. The van der Waals surface area contributed by atoms with Crippen LogP contribution < -0.4 is 0 Å². The lowest BCUT2D eigenvalue weighted by molar-refractivity contribution is 0.304. The summed E-state index contributed by atoms with van der Waals surface area (Å²) in [4.78, 5) is 7.80. The highest BCUT2D eigenvalue weighted by atomic mass is 32.1. The Kier molecular flexibility index (Phi) is 8.31. The quantitative estimate of drug-likeness (QED) is 0.277. The number of halogens is 1. The molecule has 0 spiro atoms. The van der Waals surface area contributed by atoms with E-state index in [1.54, 1.807) is 0 Å². The number of unbranched alkanes of at least 4 members (excludes halogenated alkanes) is 1. The minimum atomic E-state index is -0.497. The number of aryl methyl sites for hydroxylation is 1. The number of isothiocyanates is 1. The maximum absolute atomic E-state index is 14.2. The minimum Gasteiger partial charge on any atom is -0.242 e. The Bertz CT molecular complexity index is 974. The summed E-state index contributed by atoms with van der Waals surface area (Å²) in [6, 6.07) is 7.88. The Balaban J connectivity index is 1.73. The van der Waals surface area contributed by atoms with Gasteiger partial charge in [0.05, 0.1) is 17.0 Å². The molecule has 1 aliphatic rings. The van der Waals surface area contributed by atoms with Gasteiger partial charge < -0.3 is 0 Å². The lowest BCUT2D eigenvalue weighted by Gasteiger charge is -2.29. The molecule has 1 heterocycles. The van der Waals surface area contributed by atoms with Crippen LogP contribution in [0.2, 0.25) is 0 Å². The SMILES string of the molecule is CCCCC1CCC(c2ccc(C#Cc3ncc(N=C=S)cc3F)c(CC)c2)CC1. The molecule has 1 saturated carbocycles. The average Bonchev–Trinajstić information content (AvgIpc) is 2.77. The monoisotopic (exact) mass is 420 g/mol. The van der Waals surface area contributed by atoms with Crippen LogP contribution >= 0.6 is 12.2 Å². The standard InChI is InChI=1S/C26H29FN2S/c1-3-5-6-19-7-9-22(10-8-19)23-12-11-21(20(4-2)15-23)13-14-26-25(27)16-24(17-28-26)29-18-30/h11-12,15-17,19,22H,3-10H2,1-2H3. The summed E-state index contributed by atoms with van der Waals surface area (Å²) in [5.74, 6) is 7.06. The molecule has 0 amide bonds. The van der Waals surface area contributed by atoms with Crippen molar-refractivity contribution in [3.8, 4) is 11.8 Å². The molecule has 0 atom stereocenters. The number of thiocarbonyl (C=S) groups is 1.